The fraction of sp³-hybridized carbons (Fsp3) is 0.250. The molecule has 2 atom stereocenters. The van der Waals surface area contributed by atoms with E-state index in [1.165, 1.54) is 12.1 Å². The van der Waals surface area contributed by atoms with Crippen molar-refractivity contribution in [2.24, 2.45) is 0 Å². The number of benzene rings is 2. The summed E-state index contributed by atoms with van der Waals surface area (Å²) >= 11 is 0. The number of nitrogens with one attached hydrogen (secondary N) is 1. The second-order valence-corrected chi connectivity index (χ2v) is 7.50. The van der Waals surface area contributed by atoms with E-state index < -0.39 is 6.04 Å². The highest BCUT2D eigenvalue weighted by Crippen LogP contribution is 2.28. The predicted molar refractivity (Wildman–Crippen MR) is 113 cm³/mol. The van der Waals surface area contributed by atoms with Gasteiger partial charge in [0.2, 0.25) is 5.91 Å². The van der Waals surface area contributed by atoms with Crippen LogP contribution in [0.5, 0.6) is 0 Å². The van der Waals surface area contributed by atoms with Gasteiger partial charge < -0.3 is 5.32 Å². The molecule has 0 aliphatic heterocycles. The summed E-state index contributed by atoms with van der Waals surface area (Å²) in [7, 11) is 3.68. The van der Waals surface area contributed by atoms with Crippen molar-refractivity contribution in [3.05, 3.63) is 101 Å². The van der Waals surface area contributed by atoms with Gasteiger partial charge in [-0.2, -0.15) is 0 Å². The van der Waals surface area contributed by atoms with Gasteiger partial charge in [-0.3, -0.25) is 14.7 Å². The van der Waals surface area contributed by atoms with E-state index in [1.54, 1.807) is 24.5 Å². The SMILES string of the molecule is Cc1ccc(C)c(C(NC(=O)C(c2ccc(F)cc2)N(C)C)c2ccncc2)c1. The van der Waals surface area contributed by atoms with Crippen LogP contribution in [0.1, 0.15) is 39.9 Å². The minimum atomic E-state index is -0.537. The monoisotopic (exact) mass is 391 g/mol. The Bertz CT molecular complexity index is 971. The van der Waals surface area contributed by atoms with Crippen molar-refractivity contribution >= 4 is 5.91 Å². The quantitative estimate of drug-likeness (QED) is 0.680. The van der Waals surface area contributed by atoms with Gasteiger partial charge >= 0.3 is 0 Å². The van der Waals surface area contributed by atoms with Crippen LogP contribution in [0.25, 0.3) is 0 Å². The Morgan fingerprint density at radius 1 is 0.966 bits per heavy atom. The number of pyridine rings is 1. The zero-order chi connectivity index (χ0) is 21.0. The predicted octanol–water partition coefficient (Wildman–Crippen LogP) is 4.35. The summed E-state index contributed by atoms with van der Waals surface area (Å²) in [6, 6.07) is 15.3. The Hall–Kier alpha value is -3.05. The molecule has 150 valence electrons. The summed E-state index contributed by atoms with van der Waals surface area (Å²) in [4.78, 5) is 19.3. The van der Waals surface area contributed by atoms with Gasteiger partial charge in [0.1, 0.15) is 11.9 Å². The van der Waals surface area contributed by atoms with Crippen LogP contribution in [0.2, 0.25) is 0 Å². The highest BCUT2D eigenvalue weighted by atomic mass is 19.1. The zero-order valence-corrected chi connectivity index (χ0v) is 17.2. The van der Waals surface area contributed by atoms with Crippen LogP contribution in [0.15, 0.2) is 67.0 Å². The highest BCUT2D eigenvalue weighted by Gasteiger charge is 2.27. The molecule has 29 heavy (non-hydrogen) atoms. The molecule has 0 aliphatic rings. The molecule has 1 aromatic heterocycles. The van der Waals surface area contributed by atoms with E-state index in [0.717, 1.165) is 27.8 Å². The zero-order valence-electron chi connectivity index (χ0n) is 17.2. The van der Waals surface area contributed by atoms with Crippen molar-refractivity contribution in [3.63, 3.8) is 0 Å². The number of carbonyl (C=O) groups excluding carboxylic acids is 1. The summed E-state index contributed by atoms with van der Waals surface area (Å²) < 4.78 is 13.4. The summed E-state index contributed by atoms with van der Waals surface area (Å²) in [5.74, 6) is -0.471. The van der Waals surface area contributed by atoms with Crippen LogP contribution < -0.4 is 5.32 Å². The molecule has 0 saturated carbocycles. The van der Waals surface area contributed by atoms with Gasteiger partial charge in [0.15, 0.2) is 0 Å². The average molecular weight is 391 g/mol. The first kappa shape index (κ1) is 20.7. The van der Waals surface area contributed by atoms with E-state index in [0.29, 0.717) is 0 Å². The van der Waals surface area contributed by atoms with Crippen LogP contribution in [-0.2, 0) is 4.79 Å². The van der Waals surface area contributed by atoms with E-state index in [1.807, 2.05) is 45.0 Å². The van der Waals surface area contributed by atoms with E-state index in [-0.39, 0.29) is 17.8 Å². The third kappa shape index (κ3) is 4.87. The molecule has 3 aromatic rings. The summed E-state index contributed by atoms with van der Waals surface area (Å²) in [5, 5.41) is 3.21. The molecule has 0 saturated heterocycles. The smallest absolute Gasteiger partial charge is 0.242 e. The van der Waals surface area contributed by atoms with Crippen molar-refractivity contribution < 1.29 is 9.18 Å². The fourth-order valence-corrected chi connectivity index (χ4v) is 3.52. The van der Waals surface area contributed by atoms with Crippen LogP contribution in [0, 0.1) is 19.7 Å². The number of likely N-dealkylation sites (N-methyl/N-ethyl adjacent to an activating group) is 1. The van der Waals surface area contributed by atoms with Crippen LogP contribution in [-0.4, -0.2) is 29.9 Å². The largest absolute Gasteiger partial charge is 0.344 e. The van der Waals surface area contributed by atoms with E-state index >= 15 is 0 Å². The fourth-order valence-electron chi connectivity index (χ4n) is 3.52. The number of hydrogen-bond donors (Lipinski definition) is 1. The number of hydrogen-bond acceptors (Lipinski definition) is 3. The lowest BCUT2D eigenvalue weighted by molar-refractivity contribution is -0.126. The Morgan fingerprint density at radius 2 is 1.62 bits per heavy atom. The minimum Gasteiger partial charge on any atom is -0.344 e. The van der Waals surface area contributed by atoms with Crippen molar-refractivity contribution in [2.45, 2.75) is 25.9 Å². The average Bonchev–Trinajstić information content (AvgIpc) is 2.70. The molecule has 0 aliphatic carbocycles. The molecular formula is C24H26FN3O. The molecule has 0 radical (unpaired) electrons. The standard InChI is InChI=1S/C24H26FN3O/c1-16-5-6-17(2)21(15-16)22(18-11-13-26-14-12-18)27-24(29)23(28(3)4)19-7-9-20(25)10-8-19/h5-15,22-23H,1-4H3,(H,27,29). The van der Waals surface area contributed by atoms with Gasteiger partial charge in [-0.15, -0.1) is 0 Å². The maximum atomic E-state index is 13.4. The molecule has 1 amide bonds. The Morgan fingerprint density at radius 3 is 2.24 bits per heavy atom. The molecule has 1 heterocycles. The summed E-state index contributed by atoms with van der Waals surface area (Å²) in [5.41, 5.74) is 4.96. The Balaban J connectivity index is 1.99. The van der Waals surface area contributed by atoms with Crippen LogP contribution >= 0.6 is 0 Å². The topological polar surface area (TPSA) is 45.2 Å². The molecule has 5 heteroatoms. The van der Waals surface area contributed by atoms with Gasteiger partial charge in [0.05, 0.1) is 6.04 Å². The Labute approximate surface area is 171 Å². The highest BCUT2D eigenvalue weighted by molar-refractivity contribution is 5.84. The lowest BCUT2D eigenvalue weighted by Crippen LogP contribution is -2.39. The molecule has 0 fully saturated rings. The second kappa shape index (κ2) is 8.97. The number of nitrogens with zero attached hydrogens (tertiary/aromatic N) is 2. The number of amides is 1. The minimum absolute atomic E-state index is 0.149. The molecular weight excluding hydrogens is 365 g/mol. The number of rotatable bonds is 6. The van der Waals surface area contributed by atoms with Gasteiger partial charge in [-0.05, 0) is 74.5 Å². The van der Waals surface area contributed by atoms with E-state index in [9.17, 15) is 9.18 Å². The third-order valence-corrected chi connectivity index (χ3v) is 5.02. The van der Waals surface area contributed by atoms with Crippen molar-refractivity contribution in [1.82, 2.24) is 15.2 Å². The molecule has 0 spiro atoms. The molecule has 3 rings (SSSR count). The number of aryl methyl sites for hydroxylation is 2. The van der Waals surface area contributed by atoms with E-state index in [2.05, 4.69) is 28.5 Å². The van der Waals surface area contributed by atoms with Gasteiger partial charge in [0, 0.05) is 12.4 Å². The maximum absolute atomic E-state index is 13.4. The van der Waals surface area contributed by atoms with Crippen LogP contribution in [0.3, 0.4) is 0 Å². The van der Waals surface area contributed by atoms with Crippen molar-refractivity contribution in [3.8, 4) is 0 Å². The van der Waals surface area contributed by atoms with E-state index in [4.69, 9.17) is 0 Å². The number of carbonyl (C=O) groups is 1. The normalized spacial score (nSPS) is 13.2. The summed E-state index contributed by atoms with van der Waals surface area (Å²) in [6.07, 6.45) is 3.45. The van der Waals surface area contributed by atoms with Crippen molar-refractivity contribution in [1.29, 1.82) is 0 Å². The maximum Gasteiger partial charge on any atom is 0.242 e. The second-order valence-electron chi connectivity index (χ2n) is 7.50. The van der Waals surface area contributed by atoms with Gasteiger partial charge in [0.25, 0.3) is 0 Å². The molecule has 1 N–H and O–H groups in total. The van der Waals surface area contributed by atoms with Gasteiger partial charge in [-0.1, -0.05) is 35.9 Å². The lowest BCUT2D eigenvalue weighted by atomic mass is 9.93. The molecule has 2 aromatic carbocycles. The number of aromatic nitrogens is 1. The first-order chi connectivity index (χ1) is 13.9. The first-order valence-corrected chi connectivity index (χ1v) is 9.56. The molecule has 0 bridgehead atoms. The van der Waals surface area contributed by atoms with Gasteiger partial charge in [-0.25, -0.2) is 4.39 Å². The van der Waals surface area contributed by atoms with Crippen LogP contribution in [0.4, 0.5) is 4.39 Å². The summed E-state index contributed by atoms with van der Waals surface area (Å²) in [6.45, 7) is 4.08. The lowest BCUT2D eigenvalue weighted by Gasteiger charge is -2.28. The van der Waals surface area contributed by atoms with Crippen molar-refractivity contribution in [2.75, 3.05) is 14.1 Å². The Kier molecular flexibility index (Phi) is 6.39. The third-order valence-electron chi connectivity index (χ3n) is 5.02. The first-order valence-electron chi connectivity index (χ1n) is 9.56. The molecule has 4 nitrogen and oxygen atoms in total. The number of halogens is 1. The molecule has 2 unspecified atom stereocenters.